The van der Waals surface area contributed by atoms with Crippen LogP contribution >= 0.6 is 0 Å². The summed E-state index contributed by atoms with van der Waals surface area (Å²) in [5, 5.41) is 11.5. The lowest BCUT2D eigenvalue weighted by molar-refractivity contribution is -0.272. The minimum atomic E-state index is -5.01. The smallest absolute Gasteiger partial charge is 0.417 e. The molecule has 1 saturated heterocycles. The predicted octanol–water partition coefficient (Wildman–Crippen LogP) is 4.53. The Morgan fingerprint density at radius 1 is 1.29 bits per heavy atom. The lowest BCUT2D eigenvalue weighted by Crippen LogP contribution is -2.47. The van der Waals surface area contributed by atoms with Crippen LogP contribution in [-0.4, -0.2) is 40.5 Å². The number of nitrogens with one attached hydrogen (secondary N) is 1. The van der Waals surface area contributed by atoms with E-state index in [2.05, 4.69) is 15.0 Å². The molecule has 2 N–H and O–H groups in total. The number of rotatable bonds is 6. The second-order valence-electron chi connectivity index (χ2n) is 7.80. The van der Waals surface area contributed by atoms with Crippen LogP contribution in [0.2, 0.25) is 0 Å². The van der Waals surface area contributed by atoms with Crippen LogP contribution in [0.3, 0.4) is 0 Å². The molecule has 0 unspecified atom stereocenters. The second-order valence-corrected chi connectivity index (χ2v) is 7.80. The molecule has 0 radical (unpaired) electrons. The lowest BCUT2D eigenvalue weighted by Gasteiger charge is -2.32. The summed E-state index contributed by atoms with van der Waals surface area (Å²) in [7, 11) is 0. The first-order valence-electron chi connectivity index (χ1n) is 9.84. The fraction of sp³-hybridized carbons (Fsp3) is 0.429. The van der Waals surface area contributed by atoms with Gasteiger partial charge in [-0.25, -0.2) is 4.39 Å². The number of anilines is 1. The van der Waals surface area contributed by atoms with E-state index in [0.717, 1.165) is 13.0 Å². The van der Waals surface area contributed by atoms with E-state index >= 15 is 0 Å². The first kappa shape index (κ1) is 25.7. The molecule has 3 rings (SSSR count). The van der Waals surface area contributed by atoms with Crippen molar-refractivity contribution in [3.63, 3.8) is 0 Å². The highest BCUT2D eigenvalue weighted by atomic mass is 19.4. The van der Waals surface area contributed by atoms with Crippen molar-refractivity contribution in [2.24, 2.45) is 5.92 Å². The zero-order valence-electron chi connectivity index (χ0n) is 17.7. The molecular weight excluding hydrogens is 477 g/mol. The number of nitrogens with zero attached hydrogens (tertiary/aromatic N) is 1. The van der Waals surface area contributed by atoms with E-state index in [-0.39, 0.29) is 11.4 Å². The highest BCUT2D eigenvalue weighted by Gasteiger charge is 2.66. The molecule has 1 amide bonds. The van der Waals surface area contributed by atoms with Gasteiger partial charge in [0.25, 0.3) is 5.91 Å². The molecule has 1 aliphatic heterocycles. The summed E-state index contributed by atoms with van der Waals surface area (Å²) < 4.78 is 105. The van der Waals surface area contributed by atoms with Crippen molar-refractivity contribution >= 4 is 11.6 Å². The van der Waals surface area contributed by atoms with E-state index in [1.807, 2.05) is 0 Å². The average Bonchev–Trinajstić information content (AvgIpc) is 3.04. The summed E-state index contributed by atoms with van der Waals surface area (Å²) in [6, 6.07) is 3.84. The molecule has 0 aliphatic carbocycles. The van der Waals surface area contributed by atoms with Crippen LogP contribution in [0.5, 0.6) is 5.75 Å². The first-order valence-corrected chi connectivity index (χ1v) is 9.84. The first-order chi connectivity index (χ1) is 15.8. The van der Waals surface area contributed by atoms with Crippen molar-refractivity contribution in [3.8, 4) is 5.75 Å². The zero-order chi connectivity index (χ0) is 25.4. The van der Waals surface area contributed by atoms with Crippen LogP contribution in [0.1, 0.15) is 31.0 Å². The molecule has 6 nitrogen and oxygen atoms in total. The molecular formula is C21H19F7N2O4. The topological polar surface area (TPSA) is 80.7 Å². The zero-order valence-corrected chi connectivity index (χ0v) is 17.7. The Morgan fingerprint density at radius 3 is 2.56 bits per heavy atom. The summed E-state index contributed by atoms with van der Waals surface area (Å²) in [5.74, 6) is -9.11. The molecule has 0 bridgehead atoms. The van der Waals surface area contributed by atoms with Crippen LogP contribution in [0.25, 0.3) is 0 Å². The molecule has 1 aliphatic rings. The van der Waals surface area contributed by atoms with Gasteiger partial charge in [0, 0.05) is 29.3 Å². The van der Waals surface area contributed by atoms with Crippen molar-refractivity contribution in [3.05, 3.63) is 53.4 Å². The number of amides is 1. The molecule has 2 aromatic rings. The highest BCUT2D eigenvalue weighted by Crippen LogP contribution is 2.55. The van der Waals surface area contributed by atoms with Crippen molar-refractivity contribution in [1.82, 2.24) is 4.98 Å². The van der Waals surface area contributed by atoms with Gasteiger partial charge in [-0.15, -0.1) is 0 Å². The van der Waals surface area contributed by atoms with Crippen molar-refractivity contribution in [1.29, 1.82) is 0 Å². The number of carbonyl (C=O) groups excluding carboxylic acids is 1. The highest BCUT2D eigenvalue weighted by molar-refractivity contribution is 5.95. The molecule has 1 fully saturated rings. The monoisotopic (exact) mass is 496 g/mol. The maximum atomic E-state index is 14.4. The fourth-order valence-electron chi connectivity index (χ4n) is 3.90. The van der Waals surface area contributed by atoms with Gasteiger partial charge in [-0.2, -0.15) is 26.3 Å². The van der Waals surface area contributed by atoms with Crippen LogP contribution in [0.15, 0.2) is 30.5 Å². The molecule has 1 aromatic carbocycles. The van der Waals surface area contributed by atoms with Gasteiger partial charge in [0.15, 0.2) is 17.2 Å². The van der Waals surface area contributed by atoms with E-state index in [1.54, 1.807) is 0 Å². The summed E-state index contributed by atoms with van der Waals surface area (Å²) in [5.41, 5.74) is -3.34. The lowest BCUT2D eigenvalue weighted by atomic mass is 9.77. The fourth-order valence-corrected chi connectivity index (χ4v) is 3.90. The van der Waals surface area contributed by atoms with Gasteiger partial charge in [-0.3, -0.25) is 9.78 Å². The number of carbonyl (C=O) groups is 1. The predicted molar refractivity (Wildman–Crippen MR) is 103 cm³/mol. The number of hydrogen-bond acceptors (Lipinski definition) is 5. The number of aromatic nitrogens is 1. The van der Waals surface area contributed by atoms with E-state index in [9.17, 15) is 40.6 Å². The van der Waals surface area contributed by atoms with E-state index in [4.69, 9.17) is 4.74 Å². The minimum Gasteiger partial charge on any atom is -0.431 e. The van der Waals surface area contributed by atoms with Gasteiger partial charge >= 0.3 is 12.8 Å². The van der Waals surface area contributed by atoms with E-state index < -0.39 is 71.8 Å². The minimum absolute atomic E-state index is 0.0500. The molecule has 186 valence electrons. The Balaban J connectivity index is 2.10. The van der Waals surface area contributed by atoms with Crippen molar-refractivity contribution in [2.45, 2.75) is 50.9 Å². The number of halogens is 7. The van der Waals surface area contributed by atoms with Crippen LogP contribution in [0.4, 0.5) is 36.4 Å². The van der Waals surface area contributed by atoms with Gasteiger partial charge in [-0.05, 0) is 25.1 Å². The SMILES string of the molecule is C[C@@H]1[C@H](c2ccc(F)c(F)c2OC(F)F)[C@@H](C(=O)Nc2ccnc(CO)c2)O[C@]1(C)C(F)(F)F. The maximum absolute atomic E-state index is 14.4. The maximum Gasteiger partial charge on any atom is 0.417 e. The normalized spacial score (nSPS) is 25.0. The molecule has 4 atom stereocenters. The van der Waals surface area contributed by atoms with E-state index in [0.29, 0.717) is 13.0 Å². The summed E-state index contributed by atoms with van der Waals surface area (Å²) in [4.78, 5) is 16.8. The van der Waals surface area contributed by atoms with Crippen LogP contribution in [0, 0.1) is 17.6 Å². The van der Waals surface area contributed by atoms with Gasteiger partial charge in [-0.1, -0.05) is 13.0 Å². The Bertz CT molecular complexity index is 1070. The van der Waals surface area contributed by atoms with Crippen molar-refractivity contribution < 1.29 is 50.1 Å². The average molecular weight is 496 g/mol. The number of aliphatic hydroxyl groups excluding tert-OH is 1. The van der Waals surface area contributed by atoms with Gasteiger partial charge in [0.05, 0.1) is 12.3 Å². The Hall–Kier alpha value is -2.93. The molecule has 0 spiro atoms. The third kappa shape index (κ3) is 4.67. The summed E-state index contributed by atoms with van der Waals surface area (Å²) >= 11 is 0. The Labute approximate surface area is 188 Å². The van der Waals surface area contributed by atoms with Gasteiger partial charge in [0.1, 0.15) is 6.10 Å². The molecule has 13 heteroatoms. The van der Waals surface area contributed by atoms with Crippen LogP contribution in [-0.2, 0) is 16.1 Å². The second kappa shape index (κ2) is 9.37. The number of ether oxygens (including phenoxy) is 2. The Kier molecular flexibility index (Phi) is 7.08. The number of pyridine rings is 1. The molecule has 1 aromatic heterocycles. The third-order valence-corrected chi connectivity index (χ3v) is 5.82. The summed E-state index contributed by atoms with van der Waals surface area (Å²) in [6.45, 7) is -2.39. The van der Waals surface area contributed by atoms with Gasteiger partial charge in [0.2, 0.25) is 5.82 Å². The number of alkyl halides is 5. The number of benzene rings is 1. The van der Waals surface area contributed by atoms with Crippen molar-refractivity contribution in [2.75, 3.05) is 5.32 Å². The molecule has 2 heterocycles. The summed E-state index contributed by atoms with van der Waals surface area (Å²) in [6.07, 6.45) is -5.75. The molecule has 34 heavy (non-hydrogen) atoms. The number of aliphatic hydroxyl groups is 1. The number of hydrogen-bond donors (Lipinski definition) is 2. The largest absolute Gasteiger partial charge is 0.431 e. The van der Waals surface area contributed by atoms with Crippen LogP contribution < -0.4 is 10.1 Å². The van der Waals surface area contributed by atoms with Gasteiger partial charge < -0.3 is 19.9 Å². The Morgan fingerprint density at radius 2 is 1.97 bits per heavy atom. The van der Waals surface area contributed by atoms with E-state index in [1.165, 1.54) is 18.3 Å². The molecule has 0 saturated carbocycles. The standard InChI is InChI=1S/C21H19F7N2O4/c1-9-14(12-3-4-13(22)15(23)16(12)33-19(24)25)17(34-20(9,2)21(26,27)28)18(32)30-10-5-6-29-11(7-10)8-31/h3-7,9,14,17,19,31H,8H2,1-2H3,(H,29,30,32)/t9-,14-,17+,20+/m1/s1. The quantitative estimate of drug-likeness (QED) is 0.575. The third-order valence-electron chi connectivity index (χ3n) is 5.82.